The monoisotopic (exact) mass is 360 g/mol. The molecule has 0 aromatic heterocycles. The zero-order chi connectivity index (χ0) is 18.2. The lowest BCUT2D eigenvalue weighted by Crippen LogP contribution is -2.52. The summed E-state index contributed by atoms with van der Waals surface area (Å²) in [4.78, 5) is 16.9. The van der Waals surface area contributed by atoms with Gasteiger partial charge in [-0.05, 0) is 18.4 Å². The third-order valence-electron chi connectivity index (χ3n) is 5.53. The van der Waals surface area contributed by atoms with Crippen molar-refractivity contribution in [3.05, 3.63) is 35.9 Å². The van der Waals surface area contributed by atoms with Gasteiger partial charge in [0, 0.05) is 38.6 Å². The standard InChI is InChI=1S/C21H32N2O3/c24-20(17-26-16-18-7-3-1-4-8-18)15-22-11-13-23(14-12-22)21(25)19-9-5-2-6-10-19/h1,3-4,7-8,19-20,24H,2,5-6,9-17H2. The lowest BCUT2D eigenvalue weighted by Gasteiger charge is -2.37. The fourth-order valence-electron chi connectivity index (χ4n) is 4.00. The Balaban J connectivity index is 1.32. The first kappa shape index (κ1) is 19.3. The second kappa shape index (κ2) is 10.0. The van der Waals surface area contributed by atoms with Crippen LogP contribution in [-0.2, 0) is 16.1 Å². The number of ether oxygens (including phenoxy) is 1. The number of hydrogen-bond donors (Lipinski definition) is 1. The van der Waals surface area contributed by atoms with E-state index in [1.165, 1.54) is 19.3 Å². The molecule has 1 N–H and O–H groups in total. The summed E-state index contributed by atoms with van der Waals surface area (Å²) in [6.45, 7) is 4.74. The summed E-state index contributed by atoms with van der Waals surface area (Å²) in [7, 11) is 0. The van der Waals surface area contributed by atoms with Gasteiger partial charge in [-0.1, -0.05) is 49.6 Å². The Morgan fingerprint density at radius 1 is 1.08 bits per heavy atom. The molecule has 1 saturated carbocycles. The molecule has 1 aliphatic carbocycles. The quantitative estimate of drug-likeness (QED) is 0.811. The highest BCUT2D eigenvalue weighted by molar-refractivity contribution is 5.79. The van der Waals surface area contributed by atoms with Crippen LogP contribution in [0.15, 0.2) is 30.3 Å². The first-order valence-corrected chi connectivity index (χ1v) is 10.0. The summed E-state index contributed by atoms with van der Waals surface area (Å²) in [6, 6.07) is 10.0. The third-order valence-corrected chi connectivity index (χ3v) is 5.53. The van der Waals surface area contributed by atoms with E-state index in [-0.39, 0.29) is 5.92 Å². The van der Waals surface area contributed by atoms with Gasteiger partial charge in [-0.3, -0.25) is 9.69 Å². The number of benzene rings is 1. The van der Waals surface area contributed by atoms with E-state index in [2.05, 4.69) is 4.90 Å². The Morgan fingerprint density at radius 3 is 2.46 bits per heavy atom. The van der Waals surface area contributed by atoms with E-state index in [1.807, 2.05) is 35.2 Å². The second-order valence-corrected chi connectivity index (χ2v) is 7.62. The zero-order valence-corrected chi connectivity index (χ0v) is 15.7. The Bertz CT molecular complexity index is 537. The number of carbonyl (C=O) groups is 1. The molecule has 1 saturated heterocycles. The Labute approximate surface area is 156 Å². The molecule has 1 heterocycles. The minimum atomic E-state index is -0.487. The average Bonchev–Trinajstić information content (AvgIpc) is 2.69. The van der Waals surface area contributed by atoms with Crippen molar-refractivity contribution in [2.45, 2.75) is 44.8 Å². The molecule has 1 atom stereocenters. The maximum Gasteiger partial charge on any atom is 0.225 e. The SMILES string of the molecule is O=C(C1CCCCC1)N1CCN(CC(O)COCc2ccccc2)CC1. The van der Waals surface area contributed by atoms with E-state index in [0.29, 0.717) is 25.7 Å². The van der Waals surface area contributed by atoms with Crippen LogP contribution < -0.4 is 0 Å². The van der Waals surface area contributed by atoms with Gasteiger partial charge in [0.05, 0.1) is 19.3 Å². The lowest BCUT2D eigenvalue weighted by atomic mass is 9.88. The van der Waals surface area contributed by atoms with Gasteiger partial charge < -0.3 is 14.7 Å². The minimum absolute atomic E-state index is 0.257. The van der Waals surface area contributed by atoms with Gasteiger partial charge in [0.2, 0.25) is 5.91 Å². The van der Waals surface area contributed by atoms with Gasteiger partial charge in [0.25, 0.3) is 0 Å². The molecule has 3 rings (SSSR count). The van der Waals surface area contributed by atoms with Gasteiger partial charge in [-0.2, -0.15) is 0 Å². The molecule has 1 aromatic carbocycles. The maximum absolute atomic E-state index is 12.6. The molecule has 26 heavy (non-hydrogen) atoms. The summed E-state index contributed by atoms with van der Waals surface area (Å²) in [6.07, 6.45) is 5.32. The number of carbonyl (C=O) groups excluding carboxylic acids is 1. The summed E-state index contributed by atoms with van der Waals surface area (Å²) in [5.74, 6) is 0.614. The van der Waals surface area contributed by atoms with Crippen molar-refractivity contribution >= 4 is 5.91 Å². The summed E-state index contributed by atoms with van der Waals surface area (Å²) < 4.78 is 5.62. The Kier molecular flexibility index (Phi) is 7.47. The molecule has 0 spiro atoms. The molecular weight excluding hydrogens is 328 g/mol. The fraction of sp³-hybridized carbons (Fsp3) is 0.667. The average molecular weight is 360 g/mol. The first-order valence-electron chi connectivity index (χ1n) is 10.0. The van der Waals surface area contributed by atoms with Crippen molar-refractivity contribution < 1.29 is 14.6 Å². The Hall–Kier alpha value is -1.43. The van der Waals surface area contributed by atoms with Crippen LogP contribution in [0.4, 0.5) is 0 Å². The van der Waals surface area contributed by atoms with Crippen molar-refractivity contribution in [1.29, 1.82) is 0 Å². The van der Waals surface area contributed by atoms with Gasteiger partial charge >= 0.3 is 0 Å². The Morgan fingerprint density at radius 2 is 1.77 bits per heavy atom. The van der Waals surface area contributed by atoms with Crippen LogP contribution in [0.1, 0.15) is 37.7 Å². The number of β-amino-alcohol motifs (C(OH)–C–C–N with tert-alkyl or cyclic N) is 1. The number of piperazine rings is 1. The molecule has 1 aliphatic heterocycles. The van der Waals surface area contributed by atoms with Gasteiger partial charge in [0.1, 0.15) is 0 Å². The maximum atomic E-state index is 12.6. The smallest absolute Gasteiger partial charge is 0.225 e. The zero-order valence-electron chi connectivity index (χ0n) is 15.7. The summed E-state index contributed by atoms with van der Waals surface area (Å²) in [5, 5.41) is 10.2. The predicted octanol–water partition coefficient (Wildman–Crippen LogP) is 2.29. The fourth-order valence-corrected chi connectivity index (χ4v) is 4.00. The van der Waals surface area contributed by atoms with Crippen molar-refractivity contribution in [3.63, 3.8) is 0 Å². The molecular formula is C21H32N2O3. The van der Waals surface area contributed by atoms with Crippen molar-refractivity contribution in [2.24, 2.45) is 5.92 Å². The molecule has 1 unspecified atom stereocenters. The van der Waals surface area contributed by atoms with Crippen LogP contribution in [0.25, 0.3) is 0 Å². The number of aliphatic hydroxyl groups excluding tert-OH is 1. The van der Waals surface area contributed by atoms with Crippen LogP contribution in [0.2, 0.25) is 0 Å². The van der Waals surface area contributed by atoms with E-state index >= 15 is 0 Å². The number of amides is 1. The number of hydrogen-bond acceptors (Lipinski definition) is 4. The largest absolute Gasteiger partial charge is 0.389 e. The van der Waals surface area contributed by atoms with Crippen LogP contribution in [-0.4, -0.2) is 66.2 Å². The molecule has 2 fully saturated rings. The highest BCUT2D eigenvalue weighted by atomic mass is 16.5. The molecule has 0 radical (unpaired) electrons. The number of nitrogens with zero attached hydrogens (tertiary/aromatic N) is 2. The van der Waals surface area contributed by atoms with E-state index in [0.717, 1.165) is 44.6 Å². The lowest BCUT2D eigenvalue weighted by molar-refractivity contribution is -0.138. The molecule has 0 bridgehead atoms. The van der Waals surface area contributed by atoms with E-state index in [1.54, 1.807) is 0 Å². The molecule has 5 heteroatoms. The minimum Gasteiger partial charge on any atom is -0.389 e. The highest BCUT2D eigenvalue weighted by Crippen LogP contribution is 2.25. The third kappa shape index (κ3) is 5.79. The molecule has 5 nitrogen and oxygen atoms in total. The second-order valence-electron chi connectivity index (χ2n) is 7.62. The van der Waals surface area contributed by atoms with Gasteiger partial charge in [0.15, 0.2) is 0 Å². The van der Waals surface area contributed by atoms with Crippen LogP contribution in [0, 0.1) is 5.92 Å². The molecule has 1 aromatic rings. The van der Waals surface area contributed by atoms with Crippen LogP contribution in [0.5, 0.6) is 0 Å². The summed E-state index contributed by atoms with van der Waals surface area (Å²) >= 11 is 0. The van der Waals surface area contributed by atoms with Crippen LogP contribution in [0.3, 0.4) is 0 Å². The highest BCUT2D eigenvalue weighted by Gasteiger charge is 2.28. The van der Waals surface area contributed by atoms with Crippen molar-refractivity contribution in [2.75, 3.05) is 39.3 Å². The normalized spacial score (nSPS) is 20.9. The molecule has 2 aliphatic rings. The van der Waals surface area contributed by atoms with E-state index in [9.17, 15) is 9.90 Å². The predicted molar refractivity (Wildman–Crippen MR) is 102 cm³/mol. The topological polar surface area (TPSA) is 53.0 Å². The van der Waals surface area contributed by atoms with Crippen LogP contribution >= 0.6 is 0 Å². The van der Waals surface area contributed by atoms with Gasteiger partial charge in [-0.15, -0.1) is 0 Å². The first-order chi connectivity index (χ1) is 12.7. The van der Waals surface area contributed by atoms with E-state index < -0.39 is 6.10 Å². The van der Waals surface area contributed by atoms with E-state index in [4.69, 9.17) is 4.74 Å². The number of rotatable bonds is 7. The molecule has 1 amide bonds. The van der Waals surface area contributed by atoms with Crippen molar-refractivity contribution in [1.82, 2.24) is 9.80 Å². The summed E-state index contributed by atoms with van der Waals surface area (Å²) in [5.41, 5.74) is 1.12. The molecule has 144 valence electrons. The number of aliphatic hydroxyl groups is 1. The van der Waals surface area contributed by atoms with Gasteiger partial charge in [-0.25, -0.2) is 0 Å². The van der Waals surface area contributed by atoms with Crippen molar-refractivity contribution in [3.8, 4) is 0 Å².